The summed E-state index contributed by atoms with van der Waals surface area (Å²) in [7, 11) is 0. The number of benzene rings is 1. The van der Waals surface area contributed by atoms with Crippen LogP contribution < -0.4 is 0 Å². The minimum atomic E-state index is -0.891. The Labute approximate surface area is 128 Å². The Morgan fingerprint density at radius 3 is 2.86 bits per heavy atom. The molecule has 1 aromatic heterocycles. The first-order chi connectivity index (χ1) is 10.7. The SMILES string of the molecule is O=C(O)c1ccccc1CN1CCCn2nc(CO)cc2C1. The number of aliphatic hydroxyl groups is 1. The van der Waals surface area contributed by atoms with Crippen molar-refractivity contribution >= 4 is 5.97 Å². The van der Waals surface area contributed by atoms with Crippen LogP contribution in [0.5, 0.6) is 0 Å². The third kappa shape index (κ3) is 3.03. The van der Waals surface area contributed by atoms with E-state index in [9.17, 15) is 15.0 Å². The summed E-state index contributed by atoms with van der Waals surface area (Å²) in [5.41, 5.74) is 2.93. The number of carboxylic acid groups (broad SMARTS) is 1. The molecule has 2 heterocycles. The van der Waals surface area contributed by atoms with Crippen LogP contribution in [-0.2, 0) is 26.2 Å². The van der Waals surface area contributed by atoms with Crippen molar-refractivity contribution in [1.29, 1.82) is 0 Å². The summed E-state index contributed by atoms with van der Waals surface area (Å²) in [5.74, 6) is -0.891. The van der Waals surface area contributed by atoms with Gasteiger partial charge in [0.25, 0.3) is 0 Å². The summed E-state index contributed by atoms with van der Waals surface area (Å²) in [6.07, 6.45) is 0.953. The Morgan fingerprint density at radius 2 is 2.09 bits per heavy atom. The highest BCUT2D eigenvalue weighted by molar-refractivity contribution is 5.89. The molecule has 6 nitrogen and oxygen atoms in total. The van der Waals surface area contributed by atoms with Crippen molar-refractivity contribution in [3.63, 3.8) is 0 Å². The Bertz CT molecular complexity index is 681. The molecule has 0 saturated heterocycles. The standard InChI is InChI=1S/C16H19N3O3/c20-11-13-8-14-10-18(6-3-7-19(14)17-13)9-12-4-1-2-5-15(12)16(21)22/h1-2,4-5,8,20H,3,6-7,9-11H2,(H,21,22). The number of fused-ring (bicyclic) bond motifs is 1. The largest absolute Gasteiger partial charge is 0.478 e. The fourth-order valence-electron chi connectivity index (χ4n) is 2.91. The Balaban J connectivity index is 1.80. The van der Waals surface area contributed by atoms with Crippen molar-refractivity contribution in [2.75, 3.05) is 6.54 Å². The first kappa shape index (κ1) is 14.7. The quantitative estimate of drug-likeness (QED) is 0.894. The molecule has 0 spiro atoms. The maximum atomic E-state index is 11.3. The summed E-state index contributed by atoms with van der Waals surface area (Å²) in [6, 6.07) is 9.04. The van der Waals surface area contributed by atoms with E-state index in [-0.39, 0.29) is 6.61 Å². The van der Waals surface area contributed by atoms with Crippen molar-refractivity contribution < 1.29 is 15.0 Å². The van der Waals surface area contributed by atoms with Gasteiger partial charge in [0.2, 0.25) is 0 Å². The van der Waals surface area contributed by atoms with E-state index < -0.39 is 5.97 Å². The normalized spacial score (nSPS) is 15.3. The van der Waals surface area contributed by atoms with E-state index in [2.05, 4.69) is 10.00 Å². The van der Waals surface area contributed by atoms with Gasteiger partial charge in [0, 0.05) is 26.2 Å². The fourth-order valence-corrected chi connectivity index (χ4v) is 2.91. The molecule has 116 valence electrons. The predicted octanol–water partition coefficient (Wildman–Crippen LogP) is 1.48. The highest BCUT2D eigenvalue weighted by Gasteiger charge is 2.18. The molecule has 3 rings (SSSR count). The van der Waals surface area contributed by atoms with Crippen LogP contribution in [0.1, 0.15) is 33.7 Å². The number of aromatic nitrogens is 2. The third-order valence-electron chi connectivity index (χ3n) is 3.95. The van der Waals surface area contributed by atoms with Crippen molar-refractivity contribution in [1.82, 2.24) is 14.7 Å². The lowest BCUT2D eigenvalue weighted by Crippen LogP contribution is -2.24. The van der Waals surface area contributed by atoms with E-state index in [1.54, 1.807) is 12.1 Å². The number of hydrogen-bond acceptors (Lipinski definition) is 4. The van der Waals surface area contributed by atoms with Gasteiger partial charge in [0.15, 0.2) is 0 Å². The lowest BCUT2D eigenvalue weighted by Gasteiger charge is -2.20. The van der Waals surface area contributed by atoms with Gasteiger partial charge in [-0.2, -0.15) is 5.10 Å². The minimum absolute atomic E-state index is 0.0537. The second-order valence-electron chi connectivity index (χ2n) is 5.53. The number of aryl methyl sites for hydroxylation is 1. The predicted molar refractivity (Wildman–Crippen MR) is 80.3 cm³/mol. The zero-order valence-corrected chi connectivity index (χ0v) is 12.3. The zero-order valence-electron chi connectivity index (χ0n) is 12.3. The van der Waals surface area contributed by atoms with E-state index in [1.165, 1.54) is 0 Å². The van der Waals surface area contributed by atoms with Crippen LogP contribution in [0.15, 0.2) is 30.3 Å². The molecule has 0 amide bonds. The molecule has 1 aliphatic heterocycles. The van der Waals surface area contributed by atoms with E-state index in [0.717, 1.165) is 30.8 Å². The van der Waals surface area contributed by atoms with Crippen molar-refractivity contribution in [3.05, 3.63) is 52.8 Å². The van der Waals surface area contributed by atoms with E-state index >= 15 is 0 Å². The van der Waals surface area contributed by atoms with Crippen LogP contribution in [0.4, 0.5) is 0 Å². The number of carbonyl (C=O) groups is 1. The molecule has 0 atom stereocenters. The Morgan fingerprint density at radius 1 is 1.27 bits per heavy atom. The van der Waals surface area contributed by atoms with Crippen molar-refractivity contribution in [2.24, 2.45) is 0 Å². The van der Waals surface area contributed by atoms with Gasteiger partial charge in [0.05, 0.1) is 23.6 Å². The van der Waals surface area contributed by atoms with Gasteiger partial charge in [-0.3, -0.25) is 9.58 Å². The van der Waals surface area contributed by atoms with Gasteiger partial charge in [-0.05, 0) is 24.1 Å². The molecule has 0 fully saturated rings. The first-order valence-corrected chi connectivity index (χ1v) is 7.37. The number of carboxylic acids is 1. The second-order valence-corrected chi connectivity index (χ2v) is 5.53. The number of nitrogens with zero attached hydrogens (tertiary/aromatic N) is 3. The molecule has 2 N–H and O–H groups in total. The molecule has 0 saturated carbocycles. The number of hydrogen-bond donors (Lipinski definition) is 2. The Hall–Kier alpha value is -2.18. The topological polar surface area (TPSA) is 78.6 Å². The third-order valence-corrected chi connectivity index (χ3v) is 3.95. The second kappa shape index (κ2) is 6.29. The summed E-state index contributed by atoms with van der Waals surface area (Å²) >= 11 is 0. The van der Waals surface area contributed by atoms with E-state index in [1.807, 2.05) is 22.9 Å². The van der Waals surface area contributed by atoms with Crippen LogP contribution in [0, 0.1) is 0 Å². The molecule has 1 aromatic carbocycles. The summed E-state index contributed by atoms with van der Waals surface area (Å²) in [5, 5.41) is 22.8. The molecule has 0 bridgehead atoms. The average Bonchev–Trinajstić information content (AvgIpc) is 2.80. The number of aromatic carboxylic acids is 1. The lowest BCUT2D eigenvalue weighted by molar-refractivity contribution is 0.0694. The molecule has 6 heteroatoms. The van der Waals surface area contributed by atoms with E-state index in [4.69, 9.17) is 0 Å². The smallest absolute Gasteiger partial charge is 0.336 e. The van der Waals surface area contributed by atoms with Crippen LogP contribution in [0.3, 0.4) is 0 Å². The van der Waals surface area contributed by atoms with Crippen molar-refractivity contribution in [3.8, 4) is 0 Å². The summed E-state index contributed by atoms with van der Waals surface area (Å²) in [4.78, 5) is 13.5. The molecule has 1 aliphatic rings. The molecular weight excluding hydrogens is 282 g/mol. The van der Waals surface area contributed by atoms with Gasteiger partial charge in [0.1, 0.15) is 0 Å². The lowest BCUT2D eigenvalue weighted by atomic mass is 10.1. The van der Waals surface area contributed by atoms with Gasteiger partial charge in [-0.15, -0.1) is 0 Å². The molecule has 0 radical (unpaired) electrons. The molecular formula is C16H19N3O3. The summed E-state index contributed by atoms with van der Waals surface area (Å²) < 4.78 is 1.94. The maximum Gasteiger partial charge on any atom is 0.336 e. The van der Waals surface area contributed by atoms with Gasteiger partial charge in [-0.25, -0.2) is 4.79 Å². The van der Waals surface area contributed by atoms with Crippen LogP contribution >= 0.6 is 0 Å². The van der Waals surface area contributed by atoms with Gasteiger partial charge in [-0.1, -0.05) is 18.2 Å². The molecule has 22 heavy (non-hydrogen) atoms. The number of aliphatic hydroxyl groups excluding tert-OH is 1. The van der Waals surface area contributed by atoms with Gasteiger partial charge < -0.3 is 10.2 Å². The molecule has 2 aromatic rings. The first-order valence-electron chi connectivity index (χ1n) is 7.37. The average molecular weight is 301 g/mol. The fraction of sp³-hybridized carbons (Fsp3) is 0.375. The van der Waals surface area contributed by atoms with Crippen molar-refractivity contribution in [2.45, 2.75) is 32.7 Å². The van der Waals surface area contributed by atoms with E-state index in [0.29, 0.717) is 24.3 Å². The van der Waals surface area contributed by atoms with Crippen LogP contribution in [0.25, 0.3) is 0 Å². The zero-order chi connectivity index (χ0) is 15.5. The summed E-state index contributed by atoms with van der Waals surface area (Å²) in [6.45, 7) is 2.98. The number of rotatable bonds is 4. The monoisotopic (exact) mass is 301 g/mol. The Kier molecular flexibility index (Phi) is 4.22. The van der Waals surface area contributed by atoms with Crippen LogP contribution in [-0.4, -0.2) is 37.4 Å². The molecule has 0 aliphatic carbocycles. The molecule has 0 unspecified atom stereocenters. The highest BCUT2D eigenvalue weighted by Crippen LogP contribution is 2.18. The van der Waals surface area contributed by atoms with Gasteiger partial charge >= 0.3 is 5.97 Å². The maximum absolute atomic E-state index is 11.3. The highest BCUT2D eigenvalue weighted by atomic mass is 16.4. The minimum Gasteiger partial charge on any atom is -0.478 e. The van der Waals surface area contributed by atoms with Crippen LogP contribution in [0.2, 0.25) is 0 Å².